The molecule has 0 saturated carbocycles. The number of benzene rings is 2. The van der Waals surface area contributed by atoms with Crippen LogP contribution in [0.4, 0.5) is 5.13 Å². The van der Waals surface area contributed by atoms with E-state index in [1.165, 1.54) is 5.56 Å². The normalized spacial score (nSPS) is 10.5. The standard InChI is InChI=1S/C16H15N3S/c1-11(2)18-19-16-17-15-13(9-6-10-14(15)20-16)12-7-4-3-5-8-12/h3-10H,1-2H3,(H,17,19). The first-order valence-corrected chi connectivity index (χ1v) is 7.27. The molecule has 3 rings (SSSR count). The Kier molecular flexibility index (Phi) is 3.48. The summed E-state index contributed by atoms with van der Waals surface area (Å²) < 4.78 is 1.16. The van der Waals surface area contributed by atoms with Crippen molar-refractivity contribution in [3.05, 3.63) is 48.5 Å². The maximum absolute atomic E-state index is 4.66. The van der Waals surface area contributed by atoms with Crippen LogP contribution in [0, 0.1) is 0 Å². The Morgan fingerprint density at radius 1 is 1.05 bits per heavy atom. The second-order valence-corrected chi connectivity index (χ2v) is 5.74. The van der Waals surface area contributed by atoms with Gasteiger partial charge >= 0.3 is 0 Å². The molecule has 0 atom stereocenters. The minimum atomic E-state index is 0.824. The predicted octanol–water partition coefficient (Wildman–Crippen LogP) is 4.77. The maximum Gasteiger partial charge on any atom is 0.204 e. The van der Waals surface area contributed by atoms with Crippen molar-refractivity contribution in [1.82, 2.24) is 4.98 Å². The molecule has 0 bridgehead atoms. The van der Waals surface area contributed by atoms with Crippen molar-refractivity contribution >= 4 is 32.4 Å². The molecule has 0 saturated heterocycles. The quantitative estimate of drug-likeness (QED) is 0.554. The van der Waals surface area contributed by atoms with Gasteiger partial charge < -0.3 is 0 Å². The van der Waals surface area contributed by atoms with E-state index in [1.807, 2.05) is 32.0 Å². The maximum atomic E-state index is 4.66. The van der Waals surface area contributed by atoms with Crippen LogP contribution in [-0.2, 0) is 0 Å². The molecule has 0 unspecified atom stereocenters. The lowest BCUT2D eigenvalue weighted by molar-refractivity contribution is 1.29. The molecule has 0 aliphatic heterocycles. The summed E-state index contributed by atoms with van der Waals surface area (Å²) in [4.78, 5) is 4.66. The number of hydrogen-bond acceptors (Lipinski definition) is 4. The summed E-state index contributed by atoms with van der Waals surface area (Å²) in [5.74, 6) is 0. The van der Waals surface area contributed by atoms with Gasteiger partial charge in [0.1, 0.15) is 0 Å². The van der Waals surface area contributed by atoms with Crippen LogP contribution in [0.2, 0.25) is 0 Å². The van der Waals surface area contributed by atoms with E-state index < -0.39 is 0 Å². The van der Waals surface area contributed by atoms with Gasteiger partial charge in [0, 0.05) is 11.3 Å². The Balaban J connectivity index is 2.08. The average Bonchev–Trinajstić information content (AvgIpc) is 2.89. The minimum Gasteiger partial charge on any atom is -0.253 e. The van der Waals surface area contributed by atoms with Crippen molar-refractivity contribution in [3.63, 3.8) is 0 Å². The molecule has 1 N–H and O–H groups in total. The lowest BCUT2D eigenvalue weighted by atomic mass is 10.1. The molecule has 0 amide bonds. The molecular formula is C16H15N3S. The molecule has 3 aromatic rings. The second-order valence-electron chi connectivity index (χ2n) is 4.71. The van der Waals surface area contributed by atoms with Crippen molar-refractivity contribution in [2.24, 2.45) is 5.10 Å². The fourth-order valence-electron chi connectivity index (χ4n) is 2.01. The molecule has 0 radical (unpaired) electrons. The highest BCUT2D eigenvalue weighted by Gasteiger charge is 2.08. The summed E-state index contributed by atoms with van der Waals surface area (Å²) in [7, 11) is 0. The molecule has 2 aromatic carbocycles. The first-order chi connectivity index (χ1) is 9.74. The monoisotopic (exact) mass is 281 g/mol. The van der Waals surface area contributed by atoms with Crippen LogP contribution in [-0.4, -0.2) is 10.7 Å². The van der Waals surface area contributed by atoms with E-state index in [2.05, 4.69) is 45.8 Å². The number of rotatable bonds is 3. The van der Waals surface area contributed by atoms with Crippen LogP contribution < -0.4 is 5.43 Å². The van der Waals surface area contributed by atoms with Crippen molar-refractivity contribution in [1.29, 1.82) is 0 Å². The smallest absolute Gasteiger partial charge is 0.204 e. The van der Waals surface area contributed by atoms with Gasteiger partial charge in [-0.25, -0.2) is 4.98 Å². The molecule has 0 fully saturated rings. The molecule has 0 aliphatic carbocycles. The van der Waals surface area contributed by atoms with E-state index >= 15 is 0 Å². The largest absolute Gasteiger partial charge is 0.253 e. The molecule has 4 heteroatoms. The van der Waals surface area contributed by atoms with Gasteiger partial charge in [-0.05, 0) is 25.5 Å². The number of nitrogens with one attached hydrogen (secondary N) is 1. The van der Waals surface area contributed by atoms with Crippen LogP contribution in [0.25, 0.3) is 21.3 Å². The number of fused-ring (bicyclic) bond motifs is 1. The number of aromatic nitrogens is 1. The Bertz CT molecular complexity index is 756. The van der Waals surface area contributed by atoms with Crippen molar-refractivity contribution in [2.75, 3.05) is 5.43 Å². The van der Waals surface area contributed by atoms with Gasteiger partial charge in [0.05, 0.1) is 10.2 Å². The Morgan fingerprint density at radius 2 is 1.85 bits per heavy atom. The van der Waals surface area contributed by atoms with Crippen molar-refractivity contribution in [2.45, 2.75) is 13.8 Å². The lowest BCUT2D eigenvalue weighted by Gasteiger charge is -2.01. The number of thiazole rings is 1. The zero-order valence-electron chi connectivity index (χ0n) is 11.4. The zero-order chi connectivity index (χ0) is 13.9. The summed E-state index contributed by atoms with van der Waals surface area (Å²) >= 11 is 1.62. The molecule has 1 aromatic heterocycles. The number of hydrogen-bond donors (Lipinski definition) is 1. The lowest BCUT2D eigenvalue weighted by Crippen LogP contribution is -1.91. The van der Waals surface area contributed by atoms with E-state index in [-0.39, 0.29) is 0 Å². The number of nitrogens with zero attached hydrogens (tertiary/aromatic N) is 2. The third-order valence-corrected chi connectivity index (χ3v) is 3.80. The molecular weight excluding hydrogens is 266 g/mol. The highest BCUT2D eigenvalue weighted by atomic mass is 32.1. The van der Waals surface area contributed by atoms with E-state index in [9.17, 15) is 0 Å². The van der Waals surface area contributed by atoms with Crippen LogP contribution in [0.1, 0.15) is 13.8 Å². The Morgan fingerprint density at radius 3 is 2.60 bits per heavy atom. The number of hydrazone groups is 1. The first kappa shape index (κ1) is 12.8. The summed E-state index contributed by atoms with van der Waals surface area (Å²) in [6.07, 6.45) is 0. The number of anilines is 1. The number of para-hydroxylation sites is 1. The SMILES string of the molecule is CC(C)=NNc1nc2c(-c3ccccc3)cccc2s1. The van der Waals surface area contributed by atoms with Crippen LogP contribution in [0.5, 0.6) is 0 Å². The van der Waals surface area contributed by atoms with Crippen molar-refractivity contribution < 1.29 is 0 Å². The van der Waals surface area contributed by atoms with Gasteiger partial charge in [0.15, 0.2) is 0 Å². The Labute approximate surface area is 122 Å². The van der Waals surface area contributed by atoms with E-state index in [0.29, 0.717) is 0 Å². The average molecular weight is 281 g/mol. The molecule has 3 nitrogen and oxygen atoms in total. The minimum absolute atomic E-state index is 0.824. The molecule has 20 heavy (non-hydrogen) atoms. The summed E-state index contributed by atoms with van der Waals surface area (Å²) in [5.41, 5.74) is 7.35. The fraction of sp³-hybridized carbons (Fsp3) is 0.125. The van der Waals surface area contributed by atoms with Gasteiger partial charge in [0.2, 0.25) is 5.13 Å². The van der Waals surface area contributed by atoms with Crippen LogP contribution >= 0.6 is 11.3 Å². The third-order valence-electron chi connectivity index (χ3n) is 2.88. The highest BCUT2D eigenvalue weighted by Crippen LogP contribution is 2.33. The molecule has 100 valence electrons. The molecule has 0 aliphatic rings. The summed E-state index contributed by atoms with van der Waals surface area (Å²) in [5, 5.41) is 5.03. The summed E-state index contributed by atoms with van der Waals surface area (Å²) in [6, 6.07) is 16.6. The van der Waals surface area contributed by atoms with Crippen LogP contribution in [0.15, 0.2) is 53.6 Å². The van der Waals surface area contributed by atoms with Gasteiger partial charge in [-0.1, -0.05) is 53.8 Å². The summed E-state index contributed by atoms with van der Waals surface area (Å²) in [6.45, 7) is 3.91. The van der Waals surface area contributed by atoms with Gasteiger partial charge in [-0.2, -0.15) is 5.10 Å². The first-order valence-electron chi connectivity index (χ1n) is 6.46. The van der Waals surface area contributed by atoms with E-state index in [1.54, 1.807) is 11.3 Å². The topological polar surface area (TPSA) is 37.3 Å². The Hall–Kier alpha value is -2.20. The van der Waals surface area contributed by atoms with E-state index in [4.69, 9.17) is 0 Å². The van der Waals surface area contributed by atoms with Crippen LogP contribution in [0.3, 0.4) is 0 Å². The van der Waals surface area contributed by atoms with E-state index in [0.717, 1.165) is 26.6 Å². The van der Waals surface area contributed by atoms with Gasteiger partial charge in [-0.3, -0.25) is 5.43 Å². The molecule has 1 heterocycles. The third kappa shape index (κ3) is 2.56. The highest BCUT2D eigenvalue weighted by molar-refractivity contribution is 7.22. The van der Waals surface area contributed by atoms with Crippen molar-refractivity contribution in [3.8, 4) is 11.1 Å². The fourth-order valence-corrected chi connectivity index (χ4v) is 2.84. The predicted molar refractivity (Wildman–Crippen MR) is 87.5 cm³/mol. The second kappa shape index (κ2) is 5.43. The van der Waals surface area contributed by atoms with Gasteiger partial charge in [-0.15, -0.1) is 0 Å². The zero-order valence-corrected chi connectivity index (χ0v) is 12.2. The molecule has 0 spiro atoms. The van der Waals surface area contributed by atoms with Gasteiger partial charge in [0.25, 0.3) is 0 Å².